The molecule has 1 atom stereocenters. The number of sulfonamides is 1. The summed E-state index contributed by atoms with van der Waals surface area (Å²) >= 11 is 1.77. The van der Waals surface area contributed by atoms with E-state index in [9.17, 15) is 13.2 Å². The Hall–Kier alpha value is -1.74. The second-order valence-corrected chi connectivity index (χ2v) is 8.39. The average Bonchev–Trinajstić information content (AvgIpc) is 3.01. The number of carbonyl (C=O) groups is 1. The Labute approximate surface area is 145 Å². The van der Waals surface area contributed by atoms with Crippen LogP contribution in [0.25, 0.3) is 0 Å². The zero-order chi connectivity index (χ0) is 17.3. The topological polar surface area (TPSA) is 92.5 Å². The molecule has 3 rings (SSSR count). The van der Waals surface area contributed by atoms with Gasteiger partial charge in [0, 0.05) is 23.7 Å². The zero-order valence-corrected chi connectivity index (χ0v) is 14.9. The molecule has 0 radical (unpaired) electrons. The third kappa shape index (κ3) is 3.67. The Morgan fingerprint density at radius 3 is 2.67 bits per heavy atom. The number of hydrogen-bond acceptors (Lipinski definition) is 5. The smallest absolute Gasteiger partial charge is 0.241 e. The van der Waals surface area contributed by atoms with Crippen LogP contribution in [-0.4, -0.2) is 31.8 Å². The van der Waals surface area contributed by atoms with Crippen LogP contribution in [0.15, 0.2) is 40.6 Å². The maximum absolute atomic E-state index is 12.5. The van der Waals surface area contributed by atoms with Crippen LogP contribution in [0.1, 0.15) is 17.4 Å². The van der Waals surface area contributed by atoms with E-state index in [1.165, 1.54) is 34.7 Å². The summed E-state index contributed by atoms with van der Waals surface area (Å²) in [5.74, 6) is -0.114. The highest BCUT2D eigenvalue weighted by atomic mass is 32.2. The van der Waals surface area contributed by atoms with E-state index < -0.39 is 10.0 Å². The van der Waals surface area contributed by atoms with Gasteiger partial charge in [-0.15, -0.1) is 11.3 Å². The largest absolute Gasteiger partial charge is 0.325 e. The van der Waals surface area contributed by atoms with Gasteiger partial charge in [-0.05, 0) is 54.6 Å². The van der Waals surface area contributed by atoms with E-state index in [0.717, 1.165) is 19.5 Å². The van der Waals surface area contributed by atoms with Gasteiger partial charge >= 0.3 is 0 Å². The van der Waals surface area contributed by atoms with Crippen LogP contribution in [-0.2, 0) is 27.8 Å². The van der Waals surface area contributed by atoms with Crippen molar-refractivity contribution in [2.75, 3.05) is 11.9 Å². The van der Waals surface area contributed by atoms with Gasteiger partial charge in [-0.1, -0.05) is 0 Å². The molecule has 2 aromatic rings. The molecule has 0 saturated heterocycles. The number of nitrogens with two attached hydrogens (primary N) is 1. The molecule has 0 aliphatic carbocycles. The van der Waals surface area contributed by atoms with Crippen molar-refractivity contribution in [3.05, 3.63) is 46.2 Å². The van der Waals surface area contributed by atoms with Gasteiger partial charge in [0.1, 0.15) is 0 Å². The third-order valence-corrected chi connectivity index (χ3v) is 6.17. The van der Waals surface area contributed by atoms with Crippen molar-refractivity contribution in [1.82, 2.24) is 4.90 Å². The normalized spacial score (nSPS) is 16.4. The molecule has 24 heavy (non-hydrogen) atoms. The summed E-state index contributed by atoms with van der Waals surface area (Å²) < 4.78 is 22.5. The fourth-order valence-corrected chi connectivity index (χ4v) is 4.15. The molecule has 0 unspecified atom stereocenters. The highest BCUT2D eigenvalue weighted by molar-refractivity contribution is 7.89. The van der Waals surface area contributed by atoms with E-state index in [-0.39, 0.29) is 16.8 Å². The Morgan fingerprint density at radius 2 is 2.00 bits per heavy atom. The Balaban J connectivity index is 1.64. The first kappa shape index (κ1) is 17.1. The number of nitrogens with one attached hydrogen (secondary N) is 1. The molecule has 1 aromatic heterocycles. The lowest BCUT2D eigenvalue weighted by atomic mass is 10.1. The molecule has 1 aromatic carbocycles. The van der Waals surface area contributed by atoms with Crippen LogP contribution in [0.4, 0.5) is 5.69 Å². The Bertz CT molecular complexity index is 844. The molecule has 128 valence electrons. The maximum atomic E-state index is 12.5. The summed E-state index contributed by atoms with van der Waals surface area (Å²) in [6, 6.07) is 7.69. The third-order valence-electron chi connectivity index (χ3n) is 4.21. The number of fused-ring (bicyclic) bond motifs is 1. The summed E-state index contributed by atoms with van der Waals surface area (Å²) in [4.78, 5) is 16.0. The van der Waals surface area contributed by atoms with Crippen LogP contribution >= 0.6 is 11.3 Å². The summed E-state index contributed by atoms with van der Waals surface area (Å²) in [6.45, 7) is 3.51. The van der Waals surface area contributed by atoms with Gasteiger partial charge in [0.15, 0.2) is 0 Å². The number of primary sulfonamides is 1. The maximum Gasteiger partial charge on any atom is 0.241 e. The molecule has 0 spiro atoms. The minimum Gasteiger partial charge on any atom is -0.325 e. The zero-order valence-electron chi connectivity index (χ0n) is 13.2. The van der Waals surface area contributed by atoms with Crippen molar-refractivity contribution in [3.8, 4) is 0 Å². The van der Waals surface area contributed by atoms with Crippen LogP contribution in [0, 0.1) is 0 Å². The fourth-order valence-electron chi connectivity index (χ4n) is 2.74. The Kier molecular flexibility index (Phi) is 4.73. The average molecular weight is 365 g/mol. The van der Waals surface area contributed by atoms with Crippen molar-refractivity contribution in [2.24, 2.45) is 5.14 Å². The van der Waals surface area contributed by atoms with Gasteiger partial charge in [0.2, 0.25) is 15.9 Å². The van der Waals surface area contributed by atoms with Crippen LogP contribution < -0.4 is 10.5 Å². The SMILES string of the molecule is C[C@H](C(=O)Nc1ccc(S(N)(=O)=O)cc1)N1CCc2sccc2C1. The van der Waals surface area contributed by atoms with Crippen LogP contribution in [0.2, 0.25) is 0 Å². The molecule has 1 aliphatic rings. The van der Waals surface area contributed by atoms with Crippen LogP contribution in [0.5, 0.6) is 0 Å². The summed E-state index contributed by atoms with van der Waals surface area (Å²) in [5.41, 5.74) is 1.84. The summed E-state index contributed by atoms with van der Waals surface area (Å²) in [6.07, 6.45) is 0.966. The molecule has 0 bridgehead atoms. The minimum absolute atomic E-state index is 0.0227. The number of carbonyl (C=O) groups excluding carboxylic acids is 1. The quantitative estimate of drug-likeness (QED) is 0.864. The predicted molar refractivity (Wildman–Crippen MR) is 94.3 cm³/mol. The van der Waals surface area contributed by atoms with E-state index in [4.69, 9.17) is 5.14 Å². The highest BCUT2D eigenvalue weighted by Crippen LogP contribution is 2.25. The lowest BCUT2D eigenvalue weighted by Crippen LogP contribution is -2.44. The van der Waals surface area contributed by atoms with E-state index in [0.29, 0.717) is 5.69 Å². The molecular weight excluding hydrogens is 346 g/mol. The lowest BCUT2D eigenvalue weighted by Gasteiger charge is -2.31. The molecule has 2 heterocycles. The van der Waals surface area contributed by atoms with Crippen molar-refractivity contribution < 1.29 is 13.2 Å². The van der Waals surface area contributed by atoms with Gasteiger partial charge in [0.05, 0.1) is 10.9 Å². The number of rotatable bonds is 4. The first-order valence-corrected chi connectivity index (χ1v) is 10.0. The van der Waals surface area contributed by atoms with E-state index >= 15 is 0 Å². The fraction of sp³-hybridized carbons (Fsp3) is 0.312. The van der Waals surface area contributed by atoms with Gasteiger partial charge in [-0.25, -0.2) is 13.6 Å². The number of benzene rings is 1. The molecule has 0 saturated carbocycles. The lowest BCUT2D eigenvalue weighted by molar-refractivity contribution is -0.121. The highest BCUT2D eigenvalue weighted by Gasteiger charge is 2.25. The van der Waals surface area contributed by atoms with Gasteiger partial charge in [0.25, 0.3) is 0 Å². The molecule has 1 amide bonds. The number of amides is 1. The first-order valence-electron chi connectivity index (χ1n) is 7.57. The predicted octanol–water partition coefficient (Wildman–Crippen LogP) is 1.78. The number of hydrogen-bond donors (Lipinski definition) is 2. The second kappa shape index (κ2) is 6.64. The van der Waals surface area contributed by atoms with Gasteiger partial charge in [-0.3, -0.25) is 9.69 Å². The number of anilines is 1. The van der Waals surface area contributed by atoms with Crippen molar-refractivity contribution in [2.45, 2.75) is 30.8 Å². The number of thiophene rings is 1. The monoisotopic (exact) mass is 365 g/mol. The standard InChI is InChI=1S/C16H19N3O3S2/c1-11(19-8-6-15-12(10-19)7-9-23-15)16(20)18-13-2-4-14(5-3-13)24(17,21)22/h2-5,7,9,11H,6,8,10H2,1H3,(H,18,20)(H2,17,21,22)/t11-/m1/s1. The van der Waals surface area contributed by atoms with E-state index in [2.05, 4.69) is 21.7 Å². The van der Waals surface area contributed by atoms with Crippen molar-refractivity contribution in [3.63, 3.8) is 0 Å². The number of nitrogens with zero attached hydrogens (tertiary/aromatic N) is 1. The molecule has 1 aliphatic heterocycles. The minimum atomic E-state index is -3.72. The molecule has 0 fully saturated rings. The van der Waals surface area contributed by atoms with Crippen LogP contribution in [0.3, 0.4) is 0 Å². The Morgan fingerprint density at radius 1 is 1.29 bits per heavy atom. The van der Waals surface area contributed by atoms with Gasteiger partial charge in [-0.2, -0.15) is 0 Å². The summed E-state index contributed by atoms with van der Waals surface area (Å²) in [7, 11) is -3.72. The molecule has 3 N–H and O–H groups in total. The first-order chi connectivity index (χ1) is 11.3. The molecular formula is C16H19N3O3S2. The van der Waals surface area contributed by atoms with Gasteiger partial charge < -0.3 is 5.32 Å². The van der Waals surface area contributed by atoms with E-state index in [1.807, 2.05) is 6.92 Å². The van der Waals surface area contributed by atoms with Crippen molar-refractivity contribution >= 4 is 33.0 Å². The van der Waals surface area contributed by atoms with E-state index in [1.54, 1.807) is 11.3 Å². The summed E-state index contributed by atoms with van der Waals surface area (Å²) in [5, 5.41) is 9.97. The molecule has 6 nitrogen and oxygen atoms in total. The second-order valence-electron chi connectivity index (χ2n) is 5.82. The van der Waals surface area contributed by atoms with Crippen molar-refractivity contribution in [1.29, 1.82) is 0 Å². The molecule has 8 heteroatoms.